The van der Waals surface area contributed by atoms with Crippen LogP contribution in [-0.2, 0) is 17.9 Å². The van der Waals surface area contributed by atoms with Gasteiger partial charge in [-0.1, -0.05) is 66.7 Å². The summed E-state index contributed by atoms with van der Waals surface area (Å²) in [6.07, 6.45) is 0. The molecule has 0 aliphatic heterocycles. The minimum atomic E-state index is -0.304. The Morgan fingerprint density at radius 3 is 2.17 bits per heavy atom. The van der Waals surface area contributed by atoms with E-state index < -0.39 is 0 Å². The van der Waals surface area contributed by atoms with Crippen molar-refractivity contribution < 1.29 is 4.79 Å². The highest BCUT2D eigenvalue weighted by molar-refractivity contribution is 5.83. The zero-order valence-electron chi connectivity index (χ0n) is 13.0. The lowest BCUT2D eigenvalue weighted by Gasteiger charge is -2.21. The molecule has 3 aromatic carbocycles. The van der Waals surface area contributed by atoms with E-state index in [1.165, 1.54) is 21.9 Å². The first-order chi connectivity index (χ1) is 11.2. The molecule has 1 amide bonds. The van der Waals surface area contributed by atoms with Crippen LogP contribution in [0.1, 0.15) is 11.1 Å². The van der Waals surface area contributed by atoms with Crippen molar-refractivity contribution >= 4 is 16.7 Å². The Balaban J connectivity index is 1.80. The van der Waals surface area contributed by atoms with E-state index in [-0.39, 0.29) is 12.5 Å². The average molecular weight is 304 g/mol. The van der Waals surface area contributed by atoms with Crippen LogP contribution in [0.2, 0.25) is 0 Å². The molecular formula is C20H20N2O. The number of hydrogen-bond donors (Lipinski definition) is 1. The molecule has 0 atom stereocenters. The highest BCUT2D eigenvalue weighted by atomic mass is 16.1. The van der Waals surface area contributed by atoms with Crippen molar-refractivity contribution in [3.63, 3.8) is 0 Å². The minimum absolute atomic E-state index is 0.252. The first kappa shape index (κ1) is 15.3. The van der Waals surface area contributed by atoms with Crippen molar-refractivity contribution in [1.29, 1.82) is 0 Å². The molecule has 0 unspecified atom stereocenters. The first-order valence-electron chi connectivity index (χ1n) is 7.73. The second-order valence-corrected chi connectivity index (χ2v) is 5.78. The SMILES string of the molecule is NC(=O)CN(Cc1ccccc1)Cc1ccc2ccccc2c1. The molecule has 3 heteroatoms. The van der Waals surface area contributed by atoms with E-state index >= 15 is 0 Å². The lowest BCUT2D eigenvalue weighted by Crippen LogP contribution is -2.33. The summed E-state index contributed by atoms with van der Waals surface area (Å²) in [4.78, 5) is 13.5. The van der Waals surface area contributed by atoms with E-state index in [0.717, 1.165) is 0 Å². The molecule has 0 spiro atoms. The predicted molar refractivity (Wildman–Crippen MR) is 93.7 cm³/mol. The van der Waals surface area contributed by atoms with Crippen molar-refractivity contribution in [2.75, 3.05) is 6.54 Å². The Morgan fingerprint density at radius 2 is 1.43 bits per heavy atom. The Hall–Kier alpha value is -2.65. The fraction of sp³-hybridized carbons (Fsp3) is 0.150. The van der Waals surface area contributed by atoms with E-state index in [9.17, 15) is 4.79 Å². The van der Waals surface area contributed by atoms with Gasteiger partial charge in [-0.2, -0.15) is 0 Å². The van der Waals surface area contributed by atoms with E-state index in [2.05, 4.69) is 47.4 Å². The van der Waals surface area contributed by atoms with Crippen LogP contribution in [0.25, 0.3) is 10.8 Å². The summed E-state index contributed by atoms with van der Waals surface area (Å²) in [5.41, 5.74) is 7.77. The fourth-order valence-corrected chi connectivity index (χ4v) is 2.83. The molecule has 0 radical (unpaired) electrons. The van der Waals surface area contributed by atoms with Gasteiger partial charge in [-0.05, 0) is 28.0 Å². The van der Waals surface area contributed by atoms with Gasteiger partial charge >= 0.3 is 0 Å². The van der Waals surface area contributed by atoms with Crippen molar-refractivity contribution in [2.45, 2.75) is 13.1 Å². The third kappa shape index (κ3) is 4.18. The maximum Gasteiger partial charge on any atom is 0.231 e. The lowest BCUT2D eigenvalue weighted by atomic mass is 10.1. The molecule has 116 valence electrons. The van der Waals surface area contributed by atoms with Gasteiger partial charge in [-0.15, -0.1) is 0 Å². The van der Waals surface area contributed by atoms with E-state index in [1.54, 1.807) is 0 Å². The van der Waals surface area contributed by atoms with Gasteiger partial charge in [-0.25, -0.2) is 0 Å². The summed E-state index contributed by atoms with van der Waals surface area (Å²) < 4.78 is 0. The number of fused-ring (bicyclic) bond motifs is 1. The number of rotatable bonds is 6. The Kier molecular flexibility index (Phi) is 4.69. The van der Waals surface area contributed by atoms with Crippen molar-refractivity contribution in [2.24, 2.45) is 5.73 Å². The Labute approximate surface area is 136 Å². The normalized spacial score (nSPS) is 11.0. The quantitative estimate of drug-likeness (QED) is 0.759. The molecule has 2 N–H and O–H groups in total. The van der Waals surface area contributed by atoms with E-state index in [0.29, 0.717) is 13.1 Å². The third-order valence-electron chi connectivity index (χ3n) is 3.85. The highest BCUT2D eigenvalue weighted by Crippen LogP contribution is 2.17. The molecular weight excluding hydrogens is 284 g/mol. The van der Waals surface area contributed by atoms with Crippen molar-refractivity contribution in [1.82, 2.24) is 4.90 Å². The van der Waals surface area contributed by atoms with Gasteiger partial charge in [0, 0.05) is 13.1 Å². The Morgan fingerprint density at radius 1 is 0.783 bits per heavy atom. The number of benzene rings is 3. The lowest BCUT2D eigenvalue weighted by molar-refractivity contribution is -0.119. The summed E-state index contributed by atoms with van der Waals surface area (Å²) >= 11 is 0. The standard InChI is InChI=1S/C20H20N2O/c21-20(23)15-22(13-16-6-2-1-3-7-16)14-17-10-11-18-8-4-5-9-19(18)12-17/h1-12H,13-15H2,(H2,21,23). The number of hydrogen-bond acceptors (Lipinski definition) is 2. The zero-order chi connectivity index (χ0) is 16.1. The van der Waals surface area contributed by atoms with Crippen LogP contribution in [0.5, 0.6) is 0 Å². The molecule has 0 aliphatic carbocycles. The van der Waals surface area contributed by atoms with Crippen LogP contribution in [0.15, 0.2) is 72.8 Å². The predicted octanol–water partition coefficient (Wildman–Crippen LogP) is 3.33. The fourth-order valence-electron chi connectivity index (χ4n) is 2.83. The smallest absolute Gasteiger partial charge is 0.231 e. The average Bonchev–Trinajstić information content (AvgIpc) is 2.55. The third-order valence-corrected chi connectivity index (χ3v) is 3.85. The highest BCUT2D eigenvalue weighted by Gasteiger charge is 2.10. The molecule has 0 aromatic heterocycles. The monoisotopic (exact) mass is 304 g/mol. The largest absolute Gasteiger partial charge is 0.369 e. The molecule has 0 saturated heterocycles. The van der Waals surface area contributed by atoms with Gasteiger partial charge in [0.05, 0.1) is 6.54 Å². The van der Waals surface area contributed by atoms with E-state index in [4.69, 9.17) is 5.73 Å². The molecule has 3 aromatic rings. The molecule has 0 aliphatic rings. The molecule has 3 nitrogen and oxygen atoms in total. The maximum atomic E-state index is 11.4. The molecule has 3 rings (SSSR count). The molecule has 0 fully saturated rings. The second-order valence-electron chi connectivity index (χ2n) is 5.78. The van der Waals surface area contributed by atoms with Gasteiger partial charge < -0.3 is 5.73 Å². The van der Waals surface area contributed by atoms with Crippen molar-refractivity contribution in [3.8, 4) is 0 Å². The van der Waals surface area contributed by atoms with Crippen LogP contribution in [-0.4, -0.2) is 17.4 Å². The number of primary amides is 1. The maximum absolute atomic E-state index is 11.4. The first-order valence-corrected chi connectivity index (χ1v) is 7.73. The number of carbonyl (C=O) groups excluding carboxylic acids is 1. The van der Waals surface area contributed by atoms with Crippen molar-refractivity contribution in [3.05, 3.63) is 83.9 Å². The van der Waals surface area contributed by atoms with Crippen LogP contribution in [0, 0.1) is 0 Å². The molecule has 0 saturated carbocycles. The zero-order valence-corrected chi connectivity index (χ0v) is 13.0. The number of amides is 1. The van der Waals surface area contributed by atoms with Crippen LogP contribution in [0.3, 0.4) is 0 Å². The number of nitrogens with two attached hydrogens (primary N) is 1. The summed E-state index contributed by atoms with van der Waals surface area (Å²) in [5.74, 6) is -0.304. The number of nitrogens with zero attached hydrogens (tertiary/aromatic N) is 1. The van der Waals surface area contributed by atoms with Crippen LogP contribution in [0.4, 0.5) is 0 Å². The minimum Gasteiger partial charge on any atom is -0.369 e. The molecule has 0 heterocycles. The summed E-state index contributed by atoms with van der Waals surface area (Å²) in [5, 5.41) is 2.43. The van der Waals surface area contributed by atoms with Gasteiger partial charge in [0.15, 0.2) is 0 Å². The van der Waals surface area contributed by atoms with Gasteiger partial charge in [0.1, 0.15) is 0 Å². The molecule has 0 bridgehead atoms. The van der Waals surface area contributed by atoms with Gasteiger partial charge in [0.25, 0.3) is 0 Å². The Bertz CT molecular complexity index is 799. The topological polar surface area (TPSA) is 46.3 Å². The van der Waals surface area contributed by atoms with Gasteiger partial charge in [0.2, 0.25) is 5.91 Å². The second kappa shape index (κ2) is 7.07. The molecule has 23 heavy (non-hydrogen) atoms. The number of carbonyl (C=O) groups is 1. The van der Waals surface area contributed by atoms with Crippen LogP contribution < -0.4 is 5.73 Å². The van der Waals surface area contributed by atoms with E-state index in [1.807, 2.05) is 30.3 Å². The summed E-state index contributed by atoms with van der Waals surface area (Å²) in [6, 6.07) is 24.8. The van der Waals surface area contributed by atoms with Crippen LogP contribution >= 0.6 is 0 Å². The summed E-state index contributed by atoms with van der Waals surface area (Å²) in [6.45, 7) is 1.65. The summed E-state index contributed by atoms with van der Waals surface area (Å²) in [7, 11) is 0. The van der Waals surface area contributed by atoms with Gasteiger partial charge in [-0.3, -0.25) is 9.69 Å².